The molecule has 0 saturated carbocycles. The van der Waals surface area contributed by atoms with Crippen molar-refractivity contribution in [2.45, 2.75) is 327 Å². The van der Waals surface area contributed by atoms with Gasteiger partial charge in [-0.15, -0.1) is 0 Å². The Morgan fingerprint density at radius 2 is 0.650 bits per heavy atom. The summed E-state index contributed by atoms with van der Waals surface area (Å²) in [4.78, 5) is 12.5. The van der Waals surface area contributed by atoms with Crippen LogP contribution in [-0.2, 0) is 4.79 Å². The summed E-state index contributed by atoms with van der Waals surface area (Å²) in [5.74, 6) is -0.499. The van der Waals surface area contributed by atoms with Crippen molar-refractivity contribution in [2.24, 2.45) is 0 Å². The zero-order chi connectivity index (χ0) is 43.7. The van der Waals surface area contributed by atoms with E-state index in [1.54, 1.807) is 6.08 Å². The van der Waals surface area contributed by atoms with E-state index in [9.17, 15) is 20.1 Å². The quantitative estimate of drug-likeness (QED) is 0.0363. The summed E-state index contributed by atoms with van der Waals surface area (Å²) in [6, 6.07) is -0.792. The lowest BCUT2D eigenvalue weighted by molar-refractivity contribution is -0.131. The summed E-state index contributed by atoms with van der Waals surface area (Å²) in [6.45, 7) is 4.18. The van der Waals surface area contributed by atoms with Crippen molar-refractivity contribution in [1.29, 1.82) is 0 Å². The van der Waals surface area contributed by atoms with Crippen molar-refractivity contribution < 1.29 is 20.1 Å². The predicted molar refractivity (Wildman–Crippen MR) is 264 cm³/mol. The number of rotatable bonds is 51. The minimum absolute atomic E-state index is 0.360. The number of hydrogen-bond donors (Lipinski definition) is 4. The summed E-state index contributed by atoms with van der Waals surface area (Å²) in [5, 5.41) is 33.1. The van der Waals surface area contributed by atoms with E-state index < -0.39 is 24.2 Å². The molecule has 4 N–H and O–H groups in total. The Morgan fingerprint density at radius 1 is 0.400 bits per heavy atom. The monoisotopic (exact) mass is 848 g/mol. The van der Waals surface area contributed by atoms with Crippen LogP contribution in [0.1, 0.15) is 309 Å². The Balaban J connectivity index is 3.39. The molecule has 60 heavy (non-hydrogen) atoms. The largest absolute Gasteiger partial charge is 0.394 e. The summed E-state index contributed by atoms with van der Waals surface area (Å²) >= 11 is 0. The SMILES string of the molecule is CCCCCCCCCC/C=C/C(O)C(CO)NC(=O)C(O)CCCCCCCCCCCCCCCCCCCCCCCCCCCCCCCCCCCCCC. The average Bonchev–Trinajstić information content (AvgIpc) is 3.25. The van der Waals surface area contributed by atoms with E-state index in [1.807, 2.05) is 6.08 Å². The van der Waals surface area contributed by atoms with Crippen LogP contribution in [0.15, 0.2) is 12.2 Å². The molecule has 0 aliphatic carbocycles. The van der Waals surface area contributed by atoms with Crippen molar-refractivity contribution in [1.82, 2.24) is 5.32 Å². The van der Waals surface area contributed by atoms with E-state index in [-0.39, 0.29) is 6.61 Å². The van der Waals surface area contributed by atoms with Gasteiger partial charge in [0.05, 0.1) is 18.8 Å². The van der Waals surface area contributed by atoms with Gasteiger partial charge in [0.25, 0.3) is 0 Å². The Morgan fingerprint density at radius 3 is 0.917 bits per heavy atom. The third kappa shape index (κ3) is 45.1. The Hall–Kier alpha value is -0.910. The number of aliphatic hydroxyl groups excluding tert-OH is 3. The average molecular weight is 848 g/mol. The maximum atomic E-state index is 12.5. The topological polar surface area (TPSA) is 89.8 Å². The summed E-state index contributed by atoms with van der Waals surface area (Å²) < 4.78 is 0. The zero-order valence-corrected chi connectivity index (χ0v) is 40.9. The third-order valence-corrected chi connectivity index (χ3v) is 13.1. The lowest BCUT2D eigenvalue weighted by Gasteiger charge is -2.21. The second-order valence-corrected chi connectivity index (χ2v) is 19.2. The Bertz CT molecular complexity index is 848. The number of unbranched alkanes of at least 4 members (excludes halogenated alkanes) is 43. The van der Waals surface area contributed by atoms with Crippen molar-refractivity contribution in [3.05, 3.63) is 12.2 Å². The van der Waals surface area contributed by atoms with Gasteiger partial charge in [-0.2, -0.15) is 0 Å². The van der Waals surface area contributed by atoms with E-state index in [1.165, 1.54) is 257 Å². The van der Waals surface area contributed by atoms with Gasteiger partial charge in [0.1, 0.15) is 6.10 Å². The number of carbonyl (C=O) groups excluding carboxylic acids is 1. The van der Waals surface area contributed by atoms with Crippen molar-refractivity contribution in [3.8, 4) is 0 Å². The van der Waals surface area contributed by atoms with Crippen molar-refractivity contribution >= 4 is 5.91 Å². The minimum Gasteiger partial charge on any atom is -0.394 e. The highest BCUT2D eigenvalue weighted by Crippen LogP contribution is 2.18. The molecule has 0 rings (SSSR count). The molecule has 0 aliphatic rings. The zero-order valence-electron chi connectivity index (χ0n) is 40.9. The van der Waals surface area contributed by atoms with Crippen LogP contribution in [0.4, 0.5) is 0 Å². The maximum absolute atomic E-state index is 12.5. The molecule has 0 fully saturated rings. The molecule has 0 bridgehead atoms. The van der Waals surface area contributed by atoms with Gasteiger partial charge in [0, 0.05) is 0 Å². The molecule has 0 aromatic rings. The van der Waals surface area contributed by atoms with Crippen LogP contribution < -0.4 is 5.32 Å². The lowest BCUT2D eigenvalue weighted by atomic mass is 10.0. The van der Waals surface area contributed by atoms with E-state index in [2.05, 4.69) is 19.2 Å². The maximum Gasteiger partial charge on any atom is 0.249 e. The highest BCUT2D eigenvalue weighted by atomic mass is 16.3. The number of amides is 1. The van der Waals surface area contributed by atoms with Crippen LogP contribution in [0, 0.1) is 0 Å². The van der Waals surface area contributed by atoms with Gasteiger partial charge < -0.3 is 20.6 Å². The first kappa shape index (κ1) is 59.1. The first-order valence-electron chi connectivity index (χ1n) is 27.5. The van der Waals surface area contributed by atoms with E-state index in [0.29, 0.717) is 6.42 Å². The molecule has 0 radical (unpaired) electrons. The molecule has 0 aliphatic heterocycles. The molecule has 5 heteroatoms. The lowest BCUT2D eigenvalue weighted by Crippen LogP contribution is -2.48. The smallest absolute Gasteiger partial charge is 0.249 e. The third-order valence-electron chi connectivity index (χ3n) is 13.1. The number of carbonyl (C=O) groups is 1. The Labute approximate surface area is 376 Å². The van der Waals surface area contributed by atoms with Crippen molar-refractivity contribution in [2.75, 3.05) is 6.61 Å². The molecule has 0 spiro atoms. The molecule has 3 atom stereocenters. The Kier molecular flexibility index (Phi) is 50.0. The highest BCUT2D eigenvalue weighted by molar-refractivity contribution is 5.80. The molecule has 358 valence electrons. The second-order valence-electron chi connectivity index (χ2n) is 19.2. The first-order valence-corrected chi connectivity index (χ1v) is 27.5. The summed E-state index contributed by atoms with van der Waals surface area (Å²) in [6.07, 6.45) is 63.2. The van der Waals surface area contributed by atoms with E-state index in [4.69, 9.17) is 0 Å². The molecule has 0 saturated heterocycles. The second kappa shape index (κ2) is 50.7. The van der Waals surface area contributed by atoms with Gasteiger partial charge in [-0.05, 0) is 19.3 Å². The number of nitrogens with one attached hydrogen (secondary N) is 1. The van der Waals surface area contributed by atoms with Gasteiger partial charge >= 0.3 is 0 Å². The minimum atomic E-state index is -1.09. The van der Waals surface area contributed by atoms with Crippen LogP contribution in [0.25, 0.3) is 0 Å². The molecule has 5 nitrogen and oxygen atoms in total. The molecule has 0 aromatic carbocycles. The van der Waals surface area contributed by atoms with E-state index in [0.717, 1.165) is 32.1 Å². The summed E-state index contributed by atoms with van der Waals surface area (Å²) in [5.41, 5.74) is 0. The molecule has 0 heterocycles. The standard InChI is InChI=1S/C55H109NO4/c1-3-5-7-9-11-13-15-16-17-18-19-20-21-22-23-24-25-26-27-28-29-30-31-32-33-34-35-36-37-38-39-40-42-44-46-48-50-54(59)55(60)56-52(51-57)53(58)49-47-45-43-41-14-12-10-8-6-4-2/h47,49,52-54,57-59H,3-46,48,50-51H2,1-2H3,(H,56,60)/b49-47+. The summed E-state index contributed by atoms with van der Waals surface area (Å²) in [7, 11) is 0. The van der Waals surface area contributed by atoms with Crippen LogP contribution in [0.3, 0.4) is 0 Å². The van der Waals surface area contributed by atoms with Crippen LogP contribution in [-0.4, -0.2) is 46.1 Å². The molecule has 0 aromatic heterocycles. The van der Waals surface area contributed by atoms with Gasteiger partial charge in [0.15, 0.2) is 0 Å². The fraction of sp³-hybridized carbons (Fsp3) is 0.945. The fourth-order valence-electron chi connectivity index (χ4n) is 8.84. The molecular formula is C55H109NO4. The predicted octanol–water partition coefficient (Wildman–Crippen LogP) is 16.7. The first-order chi connectivity index (χ1) is 29.6. The molecule has 1 amide bonds. The molecule has 3 unspecified atom stereocenters. The number of hydrogen-bond acceptors (Lipinski definition) is 4. The van der Waals surface area contributed by atoms with Gasteiger partial charge in [-0.1, -0.05) is 302 Å². The van der Waals surface area contributed by atoms with Crippen molar-refractivity contribution in [3.63, 3.8) is 0 Å². The van der Waals surface area contributed by atoms with Gasteiger partial charge in [-0.3, -0.25) is 4.79 Å². The van der Waals surface area contributed by atoms with E-state index >= 15 is 0 Å². The van der Waals surface area contributed by atoms with Crippen LogP contribution in [0.5, 0.6) is 0 Å². The van der Waals surface area contributed by atoms with Gasteiger partial charge in [0.2, 0.25) is 5.91 Å². The van der Waals surface area contributed by atoms with Gasteiger partial charge in [-0.25, -0.2) is 0 Å². The highest BCUT2D eigenvalue weighted by Gasteiger charge is 2.22. The van der Waals surface area contributed by atoms with Crippen LogP contribution in [0.2, 0.25) is 0 Å². The number of aliphatic hydroxyl groups is 3. The van der Waals surface area contributed by atoms with Crippen LogP contribution >= 0.6 is 0 Å². The molecular weight excluding hydrogens is 739 g/mol. The number of allylic oxidation sites excluding steroid dienone is 1. The fourth-order valence-corrected chi connectivity index (χ4v) is 8.84. The normalized spacial score (nSPS) is 13.3.